The standard InChI is InChI=1S/C13H16N4O3S/c14-17-12-7-4-8-15-13(12)21(18,19)16-9-10-20-11-5-2-1-3-6-11/h1-8,16-17H,9-10,14H2. The first-order valence-electron chi connectivity index (χ1n) is 6.22. The topological polar surface area (TPSA) is 106 Å². The van der Waals surface area contributed by atoms with Crippen LogP contribution in [-0.4, -0.2) is 26.6 Å². The molecule has 0 fully saturated rings. The molecule has 0 saturated carbocycles. The molecule has 0 aliphatic rings. The lowest BCUT2D eigenvalue weighted by Crippen LogP contribution is -2.30. The van der Waals surface area contributed by atoms with Gasteiger partial charge in [-0.2, -0.15) is 0 Å². The maximum Gasteiger partial charge on any atom is 0.260 e. The van der Waals surface area contributed by atoms with E-state index in [4.69, 9.17) is 10.6 Å². The quantitative estimate of drug-likeness (QED) is 0.395. The monoisotopic (exact) mass is 308 g/mol. The van der Waals surface area contributed by atoms with E-state index in [1.165, 1.54) is 12.3 Å². The number of nitrogens with zero attached hydrogens (tertiary/aromatic N) is 1. The molecule has 0 bridgehead atoms. The smallest absolute Gasteiger partial charge is 0.260 e. The number of hydrogen-bond acceptors (Lipinski definition) is 6. The number of ether oxygens (including phenoxy) is 1. The van der Waals surface area contributed by atoms with Crippen molar-refractivity contribution in [1.82, 2.24) is 9.71 Å². The summed E-state index contributed by atoms with van der Waals surface area (Å²) in [7, 11) is -3.74. The Bertz CT molecular complexity index is 677. The first-order chi connectivity index (χ1) is 10.1. The van der Waals surface area contributed by atoms with Gasteiger partial charge >= 0.3 is 0 Å². The van der Waals surface area contributed by atoms with E-state index in [0.717, 1.165) is 0 Å². The van der Waals surface area contributed by atoms with Crippen LogP contribution < -0.4 is 20.7 Å². The van der Waals surface area contributed by atoms with Gasteiger partial charge in [0.1, 0.15) is 12.4 Å². The fraction of sp³-hybridized carbons (Fsp3) is 0.154. The number of para-hydroxylation sites is 1. The second kappa shape index (κ2) is 7.02. The van der Waals surface area contributed by atoms with Crippen LogP contribution in [0.3, 0.4) is 0 Å². The summed E-state index contributed by atoms with van der Waals surface area (Å²) < 4.78 is 32.0. The third-order valence-electron chi connectivity index (χ3n) is 2.59. The number of nitrogen functional groups attached to an aromatic ring is 1. The van der Waals surface area contributed by atoms with Crippen molar-refractivity contribution in [2.75, 3.05) is 18.6 Å². The van der Waals surface area contributed by atoms with Crippen molar-refractivity contribution in [2.24, 2.45) is 5.84 Å². The molecule has 4 N–H and O–H groups in total. The molecule has 0 aliphatic heterocycles. The van der Waals surface area contributed by atoms with E-state index in [9.17, 15) is 8.42 Å². The van der Waals surface area contributed by atoms with Gasteiger partial charge in [0, 0.05) is 12.7 Å². The van der Waals surface area contributed by atoms with Crippen LogP contribution in [0.4, 0.5) is 5.69 Å². The fourth-order valence-corrected chi connectivity index (χ4v) is 2.75. The minimum atomic E-state index is -3.74. The van der Waals surface area contributed by atoms with E-state index in [-0.39, 0.29) is 23.9 Å². The van der Waals surface area contributed by atoms with E-state index in [1.54, 1.807) is 18.2 Å². The summed E-state index contributed by atoms with van der Waals surface area (Å²) in [6.07, 6.45) is 1.38. The molecule has 0 saturated heterocycles. The van der Waals surface area contributed by atoms with Crippen LogP contribution in [0, 0.1) is 0 Å². The van der Waals surface area contributed by atoms with Gasteiger partial charge in [0.05, 0.1) is 5.69 Å². The van der Waals surface area contributed by atoms with Crippen LogP contribution in [0.25, 0.3) is 0 Å². The van der Waals surface area contributed by atoms with E-state index in [1.807, 2.05) is 18.2 Å². The van der Waals surface area contributed by atoms with Gasteiger partial charge in [-0.05, 0) is 24.3 Å². The van der Waals surface area contributed by atoms with Gasteiger partial charge in [-0.1, -0.05) is 18.2 Å². The van der Waals surface area contributed by atoms with Gasteiger partial charge in [-0.25, -0.2) is 18.1 Å². The maximum absolute atomic E-state index is 12.1. The predicted molar refractivity (Wildman–Crippen MR) is 79.2 cm³/mol. The summed E-state index contributed by atoms with van der Waals surface area (Å²) >= 11 is 0. The van der Waals surface area contributed by atoms with Crippen molar-refractivity contribution < 1.29 is 13.2 Å². The van der Waals surface area contributed by atoms with Crippen LogP contribution in [0.5, 0.6) is 5.75 Å². The first-order valence-corrected chi connectivity index (χ1v) is 7.71. The molecule has 0 atom stereocenters. The molecule has 0 amide bonds. The summed E-state index contributed by atoms with van der Waals surface area (Å²) in [6.45, 7) is 0.333. The van der Waals surface area contributed by atoms with Crippen molar-refractivity contribution in [3.8, 4) is 5.75 Å². The van der Waals surface area contributed by atoms with Crippen molar-refractivity contribution in [2.45, 2.75) is 5.03 Å². The molecule has 0 spiro atoms. The molecule has 1 aromatic carbocycles. The Labute approximate surface area is 123 Å². The molecule has 2 rings (SSSR count). The molecule has 0 radical (unpaired) electrons. The summed E-state index contributed by atoms with van der Waals surface area (Å²) in [5, 5.41) is -0.146. The second-order valence-corrected chi connectivity index (χ2v) is 5.74. The van der Waals surface area contributed by atoms with Gasteiger partial charge < -0.3 is 10.2 Å². The highest BCUT2D eigenvalue weighted by Crippen LogP contribution is 2.16. The molecule has 0 unspecified atom stereocenters. The molecule has 7 nitrogen and oxygen atoms in total. The SMILES string of the molecule is NNc1cccnc1S(=O)(=O)NCCOc1ccccc1. The average Bonchev–Trinajstić information content (AvgIpc) is 2.52. The molecule has 112 valence electrons. The van der Waals surface area contributed by atoms with Gasteiger partial charge in [0.15, 0.2) is 5.03 Å². The Balaban J connectivity index is 1.93. The van der Waals surface area contributed by atoms with Gasteiger partial charge in [0.25, 0.3) is 10.0 Å². The van der Waals surface area contributed by atoms with E-state index in [2.05, 4.69) is 15.1 Å². The second-order valence-electron chi connectivity index (χ2n) is 4.06. The largest absolute Gasteiger partial charge is 0.492 e. The number of pyridine rings is 1. The lowest BCUT2D eigenvalue weighted by Gasteiger charge is -2.10. The molecule has 0 aliphatic carbocycles. The predicted octanol–water partition coefficient (Wildman–Crippen LogP) is 0.724. The van der Waals surface area contributed by atoms with E-state index >= 15 is 0 Å². The fourth-order valence-electron chi connectivity index (χ4n) is 1.64. The number of anilines is 1. The summed E-state index contributed by atoms with van der Waals surface area (Å²) in [5.74, 6) is 5.95. The zero-order chi connectivity index (χ0) is 15.1. The minimum absolute atomic E-state index is 0.123. The summed E-state index contributed by atoms with van der Waals surface area (Å²) in [5.41, 5.74) is 2.54. The number of aromatic nitrogens is 1. The molecule has 2 aromatic rings. The average molecular weight is 308 g/mol. The van der Waals surface area contributed by atoms with Crippen molar-refractivity contribution >= 4 is 15.7 Å². The highest BCUT2D eigenvalue weighted by molar-refractivity contribution is 7.89. The third-order valence-corrected chi connectivity index (χ3v) is 4.01. The number of nitrogens with two attached hydrogens (primary N) is 1. The first kappa shape index (κ1) is 15.2. The highest BCUT2D eigenvalue weighted by Gasteiger charge is 2.19. The highest BCUT2D eigenvalue weighted by atomic mass is 32.2. The molecule has 21 heavy (non-hydrogen) atoms. The molecule has 8 heteroatoms. The maximum atomic E-state index is 12.1. The van der Waals surface area contributed by atoms with Crippen LogP contribution in [0.1, 0.15) is 0 Å². The van der Waals surface area contributed by atoms with Crippen LogP contribution >= 0.6 is 0 Å². The molecular weight excluding hydrogens is 292 g/mol. The van der Waals surface area contributed by atoms with Gasteiger partial charge in [-0.15, -0.1) is 0 Å². The third kappa shape index (κ3) is 4.15. The summed E-state index contributed by atoms with van der Waals surface area (Å²) in [6, 6.07) is 12.3. The number of sulfonamides is 1. The van der Waals surface area contributed by atoms with Crippen molar-refractivity contribution in [3.05, 3.63) is 48.7 Å². The minimum Gasteiger partial charge on any atom is -0.492 e. The zero-order valence-corrected chi connectivity index (χ0v) is 12.0. The molecular formula is C13H16N4O3S. The van der Waals surface area contributed by atoms with E-state index < -0.39 is 10.0 Å². The normalized spacial score (nSPS) is 11.1. The van der Waals surface area contributed by atoms with Crippen LogP contribution in [-0.2, 0) is 10.0 Å². The zero-order valence-electron chi connectivity index (χ0n) is 11.2. The number of hydrazine groups is 1. The number of hydrogen-bond donors (Lipinski definition) is 3. The lowest BCUT2D eigenvalue weighted by atomic mass is 10.3. The molecule has 1 heterocycles. The number of benzene rings is 1. The molecule has 1 aromatic heterocycles. The lowest BCUT2D eigenvalue weighted by molar-refractivity contribution is 0.323. The van der Waals surface area contributed by atoms with Gasteiger partial charge in [0.2, 0.25) is 0 Å². The Morgan fingerprint density at radius 2 is 1.90 bits per heavy atom. The van der Waals surface area contributed by atoms with E-state index in [0.29, 0.717) is 5.75 Å². The van der Waals surface area contributed by atoms with Crippen molar-refractivity contribution in [3.63, 3.8) is 0 Å². The van der Waals surface area contributed by atoms with Crippen molar-refractivity contribution in [1.29, 1.82) is 0 Å². The van der Waals surface area contributed by atoms with Gasteiger partial charge in [-0.3, -0.25) is 5.84 Å². The Hall–Kier alpha value is -2.16. The van der Waals surface area contributed by atoms with Crippen LogP contribution in [0.15, 0.2) is 53.7 Å². The summed E-state index contributed by atoms with van der Waals surface area (Å²) in [4.78, 5) is 3.82. The van der Waals surface area contributed by atoms with Crippen LogP contribution in [0.2, 0.25) is 0 Å². The Kier molecular flexibility index (Phi) is 5.09. The Morgan fingerprint density at radius 1 is 1.14 bits per heavy atom. The number of nitrogens with one attached hydrogen (secondary N) is 2. The Morgan fingerprint density at radius 3 is 2.62 bits per heavy atom. The number of rotatable bonds is 7.